The summed E-state index contributed by atoms with van der Waals surface area (Å²) in [6.45, 7) is 3.89. The molecular weight excluding hydrogens is 262 g/mol. The number of nitrogens with one attached hydrogen (secondary N) is 1. The fourth-order valence-corrected chi connectivity index (χ4v) is 1.94. The van der Waals surface area contributed by atoms with E-state index in [1.165, 1.54) is 0 Å². The maximum atomic E-state index is 6.08. The van der Waals surface area contributed by atoms with Crippen molar-refractivity contribution < 1.29 is 4.74 Å². The van der Waals surface area contributed by atoms with Crippen molar-refractivity contribution in [2.24, 2.45) is 0 Å². The molecule has 0 radical (unpaired) electrons. The van der Waals surface area contributed by atoms with E-state index >= 15 is 0 Å². The molecule has 1 aromatic heterocycles. The molecule has 0 unspecified atom stereocenters. The van der Waals surface area contributed by atoms with E-state index in [1.807, 2.05) is 26.0 Å². The molecule has 3 N–H and O–H groups in total. The number of hydrogen-bond donors (Lipinski definition) is 2. The van der Waals surface area contributed by atoms with Gasteiger partial charge >= 0.3 is 0 Å². The first-order chi connectivity index (χ1) is 9.01. The van der Waals surface area contributed by atoms with E-state index in [4.69, 9.17) is 22.1 Å². The zero-order valence-electron chi connectivity index (χ0n) is 11.1. The summed E-state index contributed by atoms with van der Waals surface area (Å²) in [5.41, 5.74) is 9.09. The molecule has 0 saturated heterocycles. The van der Waals surface area contributed by atoms with Crippen LogP contribution in [0, 0.1) is 13.8 Å². The van der Waals surface area contributed by atoms with Gasteiger partial charge < -0.3 is 15.8 Å². The molecule has 1 heterocycles. The number of methoxy groups -OCH3 is 1. The highest BCUT2D eigenvalue weighted by molar-refractivity contribution is 6.31. The summed E-state index contributed by atoms with van der Waals surface area (Å²) in [5, 5.41) is 3.91. The molecule has 19 heavy (non-hydrogen) atoms. The first kappa shape index (κ1) is 13.5. The quantitative estimate of drug-likeness (QED) is 0.898. The summed E-state index contributed by atoms with van der Waals surface area (Å²) in [6.07, 6.45) is 1.62. The molecule has 0 bridgehead atoms. The van der Waals surface area contributed by atoms with Gasteiger partial charge in [0.25, 0.3) is 0 Å². The van der Waals surface area contributed by atoms with Crippen molar-refractivity contribution in [3.63, 3.8) is 0 Å². The predicted octanol–water partition coefficient (Wildman–Crippen LogP) is 3.69. The predicted molar refractivity (Wildman–Crippen MR) is 79.4 cm³/mol. The average Bonchev–Trinajstić information content (AvgIpc) is 2.36. The molecule has 5 heteroatoms. The summed E-state index contributed by atoms with van der Waals surface area (Å²) in [4.78, 5) is 4.28. The Labute approximate surface area is 117 Å². The Balaban J connectivity index is 2.40. The lowest BCUT2D eigenvalue weighted by atomic mass is 10.2. The molecule has 0 aliphatic heterocycles. The first-order valence-corrected chi connectivity index (χ1v) is 6.22. The lowest BCUT2D eigenvalue weighted by Gasteiger charge is -2.14. The van der Waals surface area contributed by atoms with Crippen LogP contribution in [-0.4, -0.2) is 12.1 Å². The Morgan fingerprint density at radius 1 is 1.21 bits per heavy atom. The van der Waals surface area contributed by atoms with Crippen molar-refractivity contribution in [1.82, 2.24) is 4.98 Å². The largest absolute Gasteiger partial charge is 0.495 e. The molecule has 0 amide bonds. The van der Waals surface area contributed by atoms with E-state index in [0.29, 0.717) is 16.5 Å². The Kier molecular flexibility index (Phi) is 3.81. The highest BCUT2D eigenvalue weighted by Crippen LogP contribution is 2.33. The van der Waals surface area contributed by atoms with Crippen LogP contribution in [0.1, 0.15) is 11.1 Å². The Bertz CT molecular complexity index is 614. The van der Waals surface area contributed by atoms with Gasteiger partial charge in [-0.05, 0) is 37.1 Å². The zero-order valence-corrected chi connectivity index (χ0v) is 11.9. The van der Waals surface area contributed by atoms with E-state index in [1.54, 1.807) is 19.4 Å². The minimum absolute atomic E-state index is 0.641. The van der Waals surface area contributed by atoms with Crippen LogP contribution < -0.4 is 15.8 Å². The van der Waals surface area contributed by atoms with E-state index in [-0.39, 0.29) is 0 Å². The van der Waals surface area contributed by atoms with E-state index < -0.39 is 0 Å². The number of aryl methyl sites for hydroxylation is 2. The van der Waals surface area contributed by atoms with Crippen molar-refractivity contribution in [1.29, 1.82) is 0 Å². The fraction of sp³-hybridized carbons (Fsp3) is 0.214. The van der Waals surface area contributed by atoms with Crippen LogP contribution in [0.2, 0.25) is 5.02 Å². The molecule has 0 saturated carbocycles. The van der Waals surface area contributed by atoms with Crippen molar-refractivity contribution in [2.45, 2.75) is 13.8 Å². The minimum Gasteiger partial charge on any atom is -0.495 e. The first-order valence-electron chi connectivity index (χ1n) is 5.84. The van der Waals surface area contributed by atoms with Gasteiger partial charge in [-0.25, -0.2) is 4.98 Å². The number of ether oxygens (including phenoxy) is 1. The highest BCUT2D eigenvalue weighted by atomic mass is 35.5. The van der Waals surface area contributed by atoms with Gasteiger partial charge in [-0.15, -0.1) is 0 Å². The van der Waals surface area contributed by atoms with Crippen LogP contribution in [0.15, 0.2) is 24.4 Å². The number of halogens is 1. The van der Waals surface area contributed by atoms with Crippen LogP contribution in [-0.2, 0) is 0 Å². The second kappa shape index (κ2) is 5.36. The number of rotatable bonds is 3. The third kappa shape index (κ3) is 2.90. The maximum Gasteiger partial charge on any atom is 0.143 e. The van der Waals surface area contributed by atoms with Crippen LogP contribution in [0.3, 0.4) is 0 Å². The summed E-state index contributed by atoms with van der Waals surface area (Å²) in [6, 6.07) is 5.58. The van der Waals surface area contributed by atoms with Gasteiger partial charge in [0.2, 0.25) is 0 Å². The Morgan fingerprint density at radius 3 is 2.58 bits per heavy atom. The standard InChI is InChI=1S/C14H16ClN3O/c1-8-5-12(13(19-3)6-11(8)15)18-14-9(2)4-10(16)7-17-14/h4-7H,16H2,1-3H3,(H,17,18). The Hall–Kier alpha value is -1.94. The van der Waals surface area contributed by atoms with Crippen LogP contribution >= 0.6 is 11.6 Å². The third-order valence-electron chi connectivity index (χ3n) is 2.83. The number of nitrogen functional groups attached to an aromatic ring is 1. The Morgan fingerprint density at radius 2 is 1.95 bits per heavy atom. The van der Waals surface area contributed by atoms with E-state index in [2.05, 4.69) is 10.3 Å². The average molecular weight is 278 g/mol. The number of hydrogen-bond acceptors (Lipinski definition) is 4. The molecular formula is C14H16ClN3O. The summed E-state index contributed by atoms with van der Waals surface area (Å²) < 4.78 is 5.32. The molecule has 0 fully saturated rings. The van der Waals surface area contributed by atoms with Crippen molar-refractivity contribution in [2.75, 3.05) is 18.2 Å². The van der Waals surface area contributed by atoms with Crippen LogP contribution in [0.4, 0.5) is 17.2 Å². The molecule has 0 aliphatic rings. The fourth-order valence-electron chi connectivity index (χ4n) is 1.78. The van der Waals surface area contributed by atoms with Crippen LogP contribution in [0.25, 0.3) is 0 Å². The summed E-state index contributed by atoms with van der Waals surface area (Å²) in [7, 11) is 1.61. The molecule has 0 spiro atoms. The van der Waals surface area contributed by atoms with Gasteiger partial charge in [0.15, 0.2) is 0 Å². The van der Waals surface area contributed by atoms with Gasteiger partial charge in [-0.2, -0.15) is 0 Å². The summed E-state index contributed by atoms with van der Waals surface area (Å²) >= 11 is 6.08. The minimum atomic E-state index is 0.641. The molecule has 1 aromatic carbocycles. The number of pyridine rings is 1. The third-order valence-corrected chi connectivity index (χ3v) is 3.24. The van der Waals surface area contributed by atoms with Crippen molar-refractivity contribution >= 4 is 28.8 Å². The van der Waals surface area contributed by atoms with Gasteiger partial charge in [0.1, 0.15) is 11.6 Å². The van der Waals surface area contributed by atoms with Crippen molar-refractivity contribution in [3.8, 4) is 5.75 Å². The van der Waals surface area contributed by atoms with Crippen LogP contribution in [0.5, 0.6) is 5.75 Å². The topological polar surface area (TPSA) is 60.2 Å². The lowest BCUT2D eigenvalue weighted by Crippen LogP contribution is -2.00. The van der Waals surface area contributed by atoms with Gasteiger partial charge in [-0.3, -0.25) is 0 Å². The van der Waals surface area contributed by atoms with E-state index in [9.17, 15) is 0 Å². The zero-order chi connectivity index (χ0) is 14.0. The van der Waals surface area contributed by atoms with Gasteiger partial charge in [0.05, 0.1) is 24.7 Å². The molecule has 100 valence electrons. The second-order valence-electron chi connectivity index (χ2n) is 4.36. The summed E-state index contributed by atoms with van der Waals surface area (Å²) in [5.74, 6) is 1.42. The number of nitrogens with two attached hydrogens (primary N) is 1. The molecule has 0 aliphatic carbocycles. The smallest absolute Gasteiger partial charge is 0.143 e. The number of benzene rings is 1. The molecule has 0 atom stereocenters. The molecule has 2 rings (SSSR count). The van der Waals surface area contributed by atoms with Crippen molar-refractivity contribution in [3.05, 3.63) is 40.5 Å². The number of anilines is 3. The van der Waals surface area contributed by atoms with Gasteiger partial charge in [-0.1, -0.05) is 11.6 Å². The normalized spacial score (nSPS) is 10.3. The van der Waals surface area contributed by atoms with E-state index in [0.717, 1.165) is 22.6 Å². The number of aromatic nitrogens is 1. The SMILES string of the molecule is COc1cc(Cl)c(C)cc1Nc1ncc(N)cc1C. The molecule has 4 nitrogen and oxygen atoms in total. The second-order valence-corrected chi connectivity index (χ2v) is 4.77. The number of nitrogens with zero attached hydrogens (tertiary/aromatic N) is 1. The molecule has 2 aromatic rings. The lowest BCUT2D eigenvalue weighted by molar-refractivity contribution is 0.416. The van der Waals surface area contributed by atoms with Gasteiger partial charge in [0, 0.05) is 11.1 Å². The highest BCUT2D eigenvalue weighted by Gasteiger charge is 2.09. The monoisotopic (exact) mass is 277 g/mol. The maximum absolute atomic E-state index is 6.08.